The van der Waals surface area contributed by atoms with Crippen molar-refractivity contribution >= 4 is 11.9 Å². The molecule has 0 aromatic carbocycles. The number of carbonyl (C=O) groups excluding carboxylic acids is 2. The lowest BCUT2D eigenvalue weighted by atomic mass is 10.1. The molecule has 1 aromatic rings. The molecular formula is C24H43N3O4. The van der Waals surface area contributed by atoms with Crippen LogP contribution in [0.5, 0.6) is 0 Å². The SMILES string of the molecule is CCCN1CCCC1.CCOC(=O)c1c(CCCNC)[nH]c(C(=O)OC(C)(C)C)c1C. The van der Waals surface area contributed by atoms with E-state index in [9.17, 15) is 9.59 Å². The molecule has 178 valence electrons. The average Bonchev–Trinajstić information content (AvgIpc) is 3.29. The first-order valence-corrected chi connectivity index (χ1v) is 11.6. The third kappa shape index (κ3) is 9.44. The van der Waals surface area contributed by atoms with E-state index in [-0.39, 0.29) is 0 Å². The molecule has 1 aliphatic rings. The van der Waals surface area contributed by atoms with Gasteiger partial charge in [0.25, 0.3) is 0 Å². The highest BCUT2D eigenvalue weighted by atomic mass is 16.6. The Bertz CT molecular complexity index is 686. The number of carbonyl (C=O) groups is 2. The van der Waals surface area contributed by atoms with Crippen LogP contribution in [0.3, 0.4) is 0 Å². The Morgan fingerprint density at radius 1 is 1.13 bits per heavy atom. The molecule has 0 atom stereocenters. The summed E-state index contributed by atoms with van der Waals surface area (Å²) in [5, 5.41) is 3.07. The van der Waals surface area contributed by atoms with Gasteiger partial charge in [-0.2, -0.15) is 0 Å². The molecule has 0 unspecified atom stereocenters. The number of ether oxygens (including phenoxy) is 2. The van der Waals surface area contributed by atoms with Crippen LogP contribution in [-0.4, -0.2) is 67.3 Å². The minimum absolute atomic E-state index is 0.293. The van der Waals surface area contributed by atoms with Crippen molar-refractivity contribution < 1.29 is 19.1 Å². The van der Waals surface area contributed by atoms with E-state index < -0.39 is 17.5 Å². The number of likely N-dealkylation sites (tertiary alicyclic amines) is 1. The smallest absolute Gasteiger partial charge is 0.355 e. The number of esters is 2. The Morgan fingerprint density at radius 2 is 1.77 bits per heavy atom. The third-order valence-electron chi connectivity index (χ3n) is 5.00. The molecule has 2 heterocycles. The van der Waals surface area contributed by atoms with Gasteiger partial charge in [0.15, 0.2) is 0 Å². The van der Waals surface area contributed by atoms with Crippen LogP contribution in [0.2, 0.25) is 0 Å². The summed E-state index contributed by atoms with van der Waals surface area (Å²) in [4.78, 5) is 30.2. The Hall–Kier alpha value is -1.86. The fraction of sp³-hybridized carbons (Fsp3) is 0.750. The van der Waals surface area contributed by atoms with E-state index in [0.29, 0.717) is 29.8 Å². The van der Waals surface area contributed by atoms with Gasteiger partial charge >= 0.3 is 11.9 Å². The topological polar surface area (TPSA) is 83.7 Å². The molecule has 7 nitrogen and oxygen atoms in total. The zero-order valence-electron chi connectivity index (χ0n) is 20.7. The van der Waals surface area contributed by atoms with Crippen LogP contribution < -0.4 is 5.32 Å². The van der Waals surface area contributed by atoms with Gasteiger partial charge in [-0.1, -0.05) is 6.92 Å². The first-order valence-electron chi connectivity index (χ1n) is 11.6. The summed E-state index contributed by atoms with van der Waals surface area (Å²) in [5.41, 5.74) is 1.48. The predicted octanol–water partition coefficient (Wildman–Crippen LogP) is 4.10. The van der Waals surface area contributed by atoms with Gasteiger partial charge in [0.05, 0.1) is 12.2 Å². The zero-order valence-corrected chi connectivity index (χ0v) is 20.7. The fourth-order valence-electron chi connectivity index (χ4n) is 3.62. The average molecular weight is 438 g/mol. The van der Waals surface area contributed by atoms with Crippen molar-refractivity contribution in [2.45, 2.75) is 79.2 Å². The summed E-state index contributed by atoms with van der Waals surface area (Å²) in [6.45, 7) is 16.3. The van der Waals surface area contributed by atoms with E-state index in [1.807, 2.05) is 27.8 Å². The van der Waals surface area contributed by atoms with Crippen molar-refractivity contribution in [2.75, 3.05) is 39.8 Å². The quantitative estimate of drug-likeness (QED) is 0.447. The number of hydrogen-bond donors (Lipinski definition) is 2. The highest BCUT2D eigenvalue weighted by molar-refractivity contribution is 5.98. The molecule has 1 fully saturated rings. The molecule has 0 bridgehead atoms. The van der Waals surface area contributed by atoms with Crippen molar-refractivity contribution in [3.63, 3.8) is 0 Å². The Labute approximate surface area is 188 Å². The first-order chi connectivity index (χ1) is 14.6. The van der Waals surface area contributed by atoms with Gasteiger partial charge in [0.2, 0.25) is 0 Å². The minimum Gasteiger partial charge on any atom is -0.462 e. The summed E-state index contributed by atoms with van der Waals surface area (Å²) < 4.78 is 10.5. The maximum absolute atomic E-state index is 12.3. The monoisotopic (exact) mass is 437 g/mol. The number of aromatic nitrogens is 1. The summed E-state index contributed by atoms with van der Waals surface area (Å²) >= 11 is 0. The molecule has 1 saturated heterocycles. The van der Waals surface area contributed by atoms with Crippen LogP contribution in [0, 0.1) is 6.92 Å². The number of aromatic amines is 1. The standard InChI is InChI=1S/C17H28N2O4.C7H15N/c1-7-22-15(20)13-11(2)14(16(21)23-17(3,4)5)19-12(13)9-8-10-18-6;1-2-5-8-6-3-4-7-8/h18-19H,7-10H2,1-6H3;2-7H2,1H3. The molecule has 0 spiro atoms. The molecule has 2 N–H and O–H groups in total. The van der Waals surface area contributed by atoms with Crippen molar-refractivity contribution in [1.82, 2.24) is 15.2 Å². The van der Waals surface area contributed by atoms with Crippen LogP contribution >= 0.6 is 0 Å². The van der Waals surface area contributed by atoms with E-state index in [4.69, 9.17) is 9.47 Å². The van der Waals surface area contributed by atoms with Gasteiger partial charge in [-0.25, -0.2) is 9.59 Å². The van der Waals surface area contributed by atoms with E-state index in [2.05, 4.69) is 22.1 Å². The lowest BCUT2D eigenvalue weighted by molar-refractivity contribution is 0.00625. The van der Waals surface area contributed by atoms with Crippen LogP contribution in [0.1, 0.15) is 92.4 Å². The normalized spacial score (nSPS) is 14.2. The Balaban J connectivity index is 0.000000500. The molecule has 0 radical (unpaired) electrons. The zero-order chi connectivity index (χ0) is 23.4. The highest BCUT2D eigenvalue weighted by Crippen LogP contribution is 2.23. The third-order valence-corrected chi connectivity index (χ3v) is 5.00. The summed E-state index contributed by atoms with van der Waals surface area (Å²) in [6.07, 6.45) is 5.68. The van der Waals surface area contributed by atoms with Crippen LogP contribution in [0.4, 0.5) is 0 Å². The lowest BCUT2D eigenvalue weighted by Gasteiger charge is -2.19. The molecule has 2 rings (SSSR count). The second-order valence-electron chi connectivity index (χ2n) is 8.96. The molecule has 7 heteroatoms. The molecule has 0 saturated carbocycles. The maximum Gasteiger partial charge on any atom is 0.355 e. The van der Waals surface area contributed by atoms with Crippen LogP contribution in [-0.2, 0) is 15.9 Å². The summed E-state index contributed by atoms with van der Waals surface area (Å²) in [5.74, 6) is -0.865. The van der Waals surface area contributed by atoms with Gasteiger partial charge in [-0.3, -0.25) is 0 Å². The second-order valence-corrected chi connectivity index (χ2v) is 8.96. The number of hydrogen-bond acceptors (Lipinski definition) is 6. The molecule has 1 aliphatic heterocycles. The van der Waals surface area contributed by atoms with Gasteiger partial charge in [0.1, 0.15) is 11.3 Å². The maximum atomic E-state index is 12.3. The van der Waals surface area contributed by atoms with Crippen molar-refractivity contribution in [1.29, 1.82) is 0 Å². The molecule has 31 heavy (non-hydrogen) atoms. The van der Waals surface area contributed by atoms with Gasteiger partial charge < -0.3 is 24.7 Å². The van der Waals surface area contributed by atoms with Crippen molar-refractivity contribution in [3.8, 4) is 0 Å². The van der Waals surface area contributed by atoms with Gasteiger partial charge in [-0.15, -0.1) is 0 Å². The lowest BCUT2D eigenvalue weighted by Crippen LogP contribution is -2.24. The number of aryl methyl sites for hydroxylation is 1. The second kappa shape index (κ2) is 13.5. The molecule has 0 amide bonds. The number of nitrogens with zero attached hydrogens (tertiary/aromatic N) is 1. The predicted molar refractivity (Wildman–Crippen MR) is 125 cm³/mol. The minimum atomic E-state index is -0.592. The number of nitrogens with one attached hydrogen (secondary N) is 2. The van der Waals surface area contributed by atoms with Crippen molar-refractivity contribution in [2.24, 2.45) is 0 Å². The van der Waals surface area contributed by atoms with E-state index >= 15 is 0 Å². The summed E-state index contributed by atoms with van der Waals surface area (Å²) in [7, 11) is 1.87. The van der Waals surface area contributed by atoms with Crippen LogP contribution in [0.15, 0.2) is 0 Å². The Morgan fingerprint density at radius 3 is 2.29 bits per heavy atom. The van der Waals surface area contributed by atoms with Gasteiger partial charge in [0, 0.05) is 5.69 Å². The summed E-state index contributed by atoms with van der Waals surface area (Å²) in [6, 6.07) is 0. The first kappa shape index (κ1) is 27.2. The van der Waals surface area contributed by atoms with Crippen molar-refractivity contribution in [3.05, 3.63) is 22.5 Å². The van der Waals surface area contributed by atoms with E-state index in [0.717, 1.165) is 18.7 Å². The van der Waals surface area contributed by atoms with E-state index in [1.54, 1.807) is 13.8 Å². The number of H-pyrrole nitrogens is 1. The largest absolute Gasteiger partial charge is 0.462 e. The van der Waals surface area contributed by atoms with E-state index in [1.165, 1.54) is 38.9 Å². The molecule has 0 aliphatic carbocycles. The Kier molecular flexibility index (Phi) is 11.9. The molecular weight excluding hydrogens is 394 g/mol. The van der Waals surface area contributed by atoms with Gasteiger partial charge in [-0.05, 0) is 106 Å². The van der Waals surface area contributed by atoms with Crippen LogP contribution in [0.25, 0.3) is 0 Å². The number of rotatable bonds is 9. The fourth-order valence-corrected chi connectivity index (χ4v) is 3.62. The highest BCUT2D eigenvalue weighted by Gasteiger charge is 2.27. The molecule has 1 aromatic heterocycles.